The molecule has 0 saturated heterocycles. The number of benzene rings is 1. The van der Waals surface area contributed by atoms with Gasteiger partial charge in [0, 0.05) is 18.2 Å². The van der Waals surface area contributed by atoms with E-state index in [9.17, 15) is 18.0 Å². The highest BCUT2D eigenvalue weighted by Crippen LogP contribution is 2.28. The van der Waals surface area contributed by atoms with Gasteiger partial charge in [-0.25, -0.2) is 0 Å². The molecule has 1 rings (SSSR count). The Balaban J connectivity index is 2.75. The molecule has 0 aliphatic heterocycles. The van der Waals surface area contributed by atoms with Crippen molar-refractivity contribution in [3.8, 4) is 5.75 Å². The Morgan fingerprint density at radius 2 is 2.00 bits per heavy atom. The van der Waals surface area contributed by atoms with Gasteiger partial charge in [0.15, 0.2) is 5.92 Å². The molecule has 0 fully saturated rings. The van der Waals surface area contributed by atoms with Crippen LogP contribution in [0.4, 0.5) is 13.2 Å². The maximum atomic E-state index is 12.5. The van der Waals surface area contributed by atoms with Gasteiger partial charge in [-0.3, -0.25) is 4.79 Å². The number of para-hydroxylation sites is 1. The second-order valence-electron chi connectivity index (χ2n) is 4.30. The van der Waals surface area contributed by atoms with Gasteiger partial charge in [-0.15, -0.1) is 0 Å². The Morgan fingerprint density at radius 3 is 2.50 bits per heavy atom. The fourth-order valence-electron chi connectivity index (χ4n) is 1.77. The number of carboxylic acid groups (broad SMARTS) is 1. The predicted molar refractivity (Wildman–Crippen MR) is 66.6 cm³/mol. The molecule has 112 valence electrons. The van der Waals surface area contributed by atoms with E-state index >= 15 is 0 Å². The lowest BCUT2D eigenvalue weighted by Crippen LogP contribution is -2.39. The van der Waals surface area contributed by atoms with Crippen molar-refractivity contribution in [1.82, 2.24) is 5.32 Å². The van der Waals surface area contributed by atoms with Crippen LogP contribution in [0.25, 0.3) is 0 Å². The summed E-state index contributed by atoms with van der Waals surface area (Å²) in [5.41, 5.74) is 0.668. The number of ether oxygens (including phenoxy) is 1. The average molecular weight is 291 g/mol. The summed E-state index contributed by atoms with van der Waals surface area (Å²) in [4.78, 5) is 10.6. The number of hydrogen-bond donors (Lipinski definition) is 2. The number of nitrogens with one attached hydrogen (secondary N) is 1. The number of methoxy groups -OCH3 is 1. The van der Waals surface area contributed by atoms with Crippen LogP contribution in [0.1, 0.15) is 18.5 Å². The molecule has 0 saturated carbocycles. The Kier molecular flexibility index (Phi) is 5.38. The number of carboxylic acids is 1. The van der Waals surface area contributed by atoms with Crippen LogP contribution in [0.2, 0.25) is 0 Å². The van der Waals surface area contributed by atoms with Gasteiger partial charge in [0.25, 0.3) is 0 Å². The topological polar surface area (TPSA) is 58.6 Å². The first kappa shape index (κ1) is 16.3. The zero-order chi connectivity index (χ0) is 15.3. The fraction of sp³-hybridized carbons (Fsp3) is 0.462. The lowest BCUT2D eigenvalue weighted by molar-refractivity contribution is -0.192. The van der Waals surface area contributed by atoms with Crippen LogP contribution in [0, 0.1) is 5.92 Å². The second kappa shape index (κ2) is 6.60. The highest BCUT2D eigenvalue weighted by molar-refractivity contribution is 5.71. The van der Waals surface area contributed by atoms with Crippen LogP contribution in [0.15, 0.2) is 24.3 Å². The normalized spacial score (nSPS) is 14.7. The Morgan fingerprint density at radius 1 is 1.40 bits per heavy atom. The lowest BCUT2D eigenvalue weighted by atomic mass is 10.1. The standard InChI is InChI=1S/C13H16F3NO3/c1-8(9-5-3-4-6-11(9)20-2)17-7-10(12(18)19)13(14,15)16/h3-6,8,10,17H,7H2,1-2H3,(H,18,19)/t8-,10?/m0/s1. The van der Waals surface area contributed by atoms with Crippen LogP contribution in [0.5, 0.6) is 5.75 Å². The molecule has 1 unspecified atom stereocenters. The number of alkyl halides is 3. The van der Waals surface area contributed by atoms with Gasteiger partial charge < -0.3 is 15.2 Å². The lowest BCUT2D eigenvalue weighted by Gasteiger charge is -2.21. The summed E-state index contributed by atoms with van der Waals surface area (Å²) in [6, 6.07) is 6.40. The van der Waals surface area contributed by atoms with Crippen molar-refractivity contribution in [3.63, 3.8) is 0 Å². The summed E-state index contributed by atoms with van der Waals surface area (Å²) in [6.45, 7) is 0.950. The quantitative estimate of drug-likeness (QED) is 0.846. The van der Waals surface area contributed by atoms with Crippen LogP contribution < -0.4 is 10.1 Å². The minimum atomic E-state index is -4.78. The minimum Gasteiger partial charge on any atom is -0.496 e. The van der Waals surface area contributed by atoms with E-state index in [-0.39, 0.29) is 0 Å². The van der Waals surface area contributed by atoms with Gasteiger partial charge in [-0.2, -0.15) is 13.2 Å². The number of hydrogen-bond acceptors (Lipinski definition) is 3. The van der Waals surface area contributed by atoms with Gasteiger partial charge in [0.1, 0.15) is 5.75 Å². The van der Waals surface area contributed by atoms with Crippen LogP contribution in [-0.4, -0.2) is 30.9 Å². The molecule has 0 amide bonds. The molecule has 0 radical (unpaired) electrons. The Labute approximate surface area is 114 Å². The first-order chi connectivity index (χ1) is 9.27. The predicted octanol–water partition coefficient (Wildman–Crippen LogP) is 2.61. The highest BCUT2D eigenvalue weighted by atomic mass is 19.4. The molecular weight excluding hydrogens is 275 g/mol. The third-order valence-electron chi connectivity index (χ3n) is 2.93. The molecule has 7 heteroatoms. The van der Waals surface area contributed by atoms with E-state index in [1.165, 1.54) is 7.11 Å². The van der Waals surface area contributed by atoms with Crippen molar-refractivity contribution in [3.05, 3.63) is 29.8 Å². The number of halogens is 3. The third kappa shape index (κ3) is 4.12. The van der Waals surface area contributed by atoms with E-state index in [1.807, 2.05) is 0 Å². The number of carbonyl (C=O) groups is 1. The average Bonchev–Trinajstić information content (AvgIpc) is 2.36. The first-order valence-electron chi connectivity index (χ1n) is 5.93. The molecule has 0 aromatic heterocycles. The van der Waals surface area contributed by atoms with Crippen LogP contribution >= 0.6 is 0 Å². The molecule has 2 N–H and O–H groups in total. The monoisotopic (exact) mass is 291 g/mol. The van der Waals surface area contributed by atoms with Crippen molar-refractivity contribution >= 4 is 5.97 Å². The Hall–Kier alpha value is -1.76. The van der Waals surface area contributed by atoms with Crippen molar-refractivity contribution in [2.75, 3.05) is 13.7 Å². The van der Waals surface area contributed by atoms with E-state index in [1.54, 1.807) is 31.2 Å². The zero-order valence-corrected chi connectivity index (χ0v) is 11.1. The summed E-state index contributed by atoms with van der Waals surface area (Å²) >= 11 is 0. The van der Waals surface area contributed by atoms with Crippen LogP contribution in [-0.2, 0) is 4.79 Å². The first-order valence-corrected chi connectivity index (χ1v) is 5.93. The van der Waals surface area contributed by atoms with E-state index in [0.29, 0.717) is 11.3 Å². The van der Waals surface area contributed by atoms with Crippen molar-refractivity contribution in [2.45, 2.75) is 19.1 Å². The molecule has 1 aromatic rings. The smallest absolute Gasteiger partial charge is 0.403 e. The number of rotatable bonds is 6. The van der Waals surface area contributed by atoms with Crippen LogP contribution in [0.3, 0.4) is 0 Å². The SMILES string of the molecule is COc1ccccc1[C@H](C)NCC(C(=O)O)C(F)(F)F. The molecule has 4 nitrogen and oxygen atoms in total. The Bertz CT molecular complexity index is 462. The van der Waals surface area contributed by atoms with Crippen molar-refractivity contribution in [1.29, 1.82) is 0 Å². The largest absolute Gasteiger partial charge is 0.496 e. The van der Waals surface area contributed by atoms with Gasteiger partial charge in [0.2, 0.25) is 0 Å². The van der Waals surface area contributed by atoms with Gasteiger partial charge in [-0.05, 0) is 13.0 Å². The van der Waals surface area contributed by atoms with Crippen molar-refractivity contribution < 1.29 is 27.8 Å². The number of aliphatic carboxylic acids is 1. The maximum Gasteiger partial charge on any atom is 0.403 e. The summed E-state index contributed by atoms with van der Waals surface area (Å²) < 4.78 is 42.7. The third-order valence-corrected chi connectivity index (χ3v) is 2.93. The summed E-state index contributed by atoms with van der Waals surface area (Å²) in [7, 11) is 1.46. The van der Waals surface area contributed by atoms with E-state index in [0.717, 1.165) is 0 Å². The zero-order valence-electron chi connectivity index (χ0n) is 11.1. The maximum absolute atomic E-state index is 12.5. The molecular formula is C13H16F3NO3. The summed E-state index contributed by atoms with van der Waals surface area (Å²) in [6.07, 6.45) is -4.78. The van der Waals surface area contributed by atoms with E-state index in [4.69, 9.17) is 9.84 Å². The molecule has 0 aliphatic rings. The summed E-state index contributed by atoms with van der Waals surface area (Å²) in [5, 5.41) is 11.2. The van der Waals surface area contributed by atoms with E-state index < -0.39 is 30.7 Å². The van der Waals surface area contributed by atoms with Gasteiger partial charge in [0.05, 0.1) is 7.11 Å². The minimum absolute atomic E-state index is 0.463. The highest BCUT2D eigenvalue weighted by Gasteiger charge is 2.44. The molecule has 0 heterocycles. The molecule has 0 spiro atoms. The second-order valence-corrected chi connectivity index (χ2v) is 4.30. The molecule has 2 atom stereocenters. The van der Waals surface area contributed by atoms with Gasteiger partial charge in [-0.1, -0.05) is 18.2 Å². The fourth-order valence-corrected chi connectivity index (χ4v) is 1.77. The molecule has 0 bridgehead atoms. The molecule has 1 aromatic carbocycles. The van der Waals surface area contributed by atoms with E-state index in [2.05, 4.69) is 5.32 Å². The van der Waals surface area contributed by atoms with Gasteiger partial charge >= 0.3 is 12.1 Å². The molecule has 20 heavy (non-hydrogen) atoms. The molecule has 0 aliphatic carbocycles. The summed E-state index contributed by atoms with van der Waals surface area (Å²) in [5.74, 6) is -3.79. The van der Waals surface area contributed by atoms with Crippen molar-refractivity contribution in [2.24, 2.45) is 5.92 Å².